The van der Waals surface area contributed by atoms with Gasteiger partial charge >= 0.3 is 0 Å². The fourth-order valence-corrected chi connectivity index (χ4v) is 5.51. The van der Waals surface area contributed by atoms with Gasteiger partial charge in [0.05, 0.1) is 11.4 Å². The maximum Gasteiger partial charge on any atom is 0.160 e. The van der Waals surface area contributed by atoms with Crippen LogP contribution in [-0.2, 0) is 0 Å². The summed E-state index contributed by atoms with van der Waals surface area (Å²) in [5.41, 5.74) is 9.46. The van der Waals surface area contributed by atoms with Crippen molar-refractivity contribution >= 4 is 22.4 Å². The third kappa shape index (κ3) is 5.02. The Balaban J connectivity index is 1.33. The van der Waals surface area contributed by atoms with Gasteiger partial charge in [0, 0.05) is 27.1 Å². The summed E-state index contributed by atoms with van der Waals surface area (Å²) in [6, 6.07) is 52.1. The first-order valence-corrected chi connectivity index (χ1v) is 14.0. The van der Waals surface area contributed by atoms with Gasteiger partial charge in [0.1, 0.15) is 0 Å². The lowest BCUT2D eigenvalue weighted by atomic mass is 9.96. The molecule has 194 valence electrons. The predicted octanol–water partition coefficient (Wildman–Crippen LogP) is 10.6. The molecule has 0 N–H and O–H groups in total. The van der Waals surface area contributed by atoms with Gasteiger partial charge < -0.3 is 0 Å². The van der Waals surface area contributed by atoms with Crippen LogP contribution >= 0.6 is 11.6 Å². The van der Waals surface area contributed by atoms with Crippen molar-refractivity contribution in [3.05, 3.63) is 157 Å². The Morgan fingerprint density at radius 1 is 0.366 bits per heavy atom. The van der Waals surface area contributed by atoms with Crippen LogP contribution in [0.4, 0.5) is 0 Å². The van der Waals surface area contributed by atoms with E-state index in [-0.39, 0.29) is 0 Å². The molecule has 1 heterocycles. The largest absolute Gasteiger partial charge is 0.228 e. The highest BCUT2D eigenvalue weighted by molar-refractivity contribution is 6.36. The molecule has 0 aliphatic carbocycles. The van der Waals surface area contributed by atoms with Crippen molar-refractivity contribution in [2.45, 2.75) is 0 Å². The fraction of sp³-hybridized carbons (Fsp3) is 0. The lowest BCUT2D eigenvalue weighted by molar-refractivity contribution is 1.18. The van der Waals surface area contributed by atoms with E-state index in [9.17, 15) is 0 Å². The van der Waals surface area contributed by atoms with Crippen LogP contribution in [-0.4, -0.2) is 9.97 Å². The van der Waals surface area contributed by atoms with Crippen molar-refractivity contribution < 1.29 is 0 Å². The van der Waals surface area contributed by atoms with Crippen LogP contribution in [0.3, 0.4) is 0 Å². The van der Waals surface area contributed by atoms with Crippen LogP contribution in [0, 0.1) is 0 Å². The highest BCUT2D eigenvalue weighted by Gasteiger charge is 2.12. The van der Waals surface area contributed by atoms with Crippen molar-refractivity contribution in [3.8, 4) is 56.2 Å². The van der Waals surface area contributed by atoms with E-state index < -0.39 is 0 Å². The Bertz CT molecular complexity index is 1980. The lowest BCUT2D eigenvalue weighted by Gasteiger charge is -2.12. The highest BCUT2D eigenvalue weighted by Crippen LogP contribution is 2.35. The molecule has 7 aromatic rings. The van der Waals surface area contributed by atoms with E-state index in [0.717, 1.165) is 60.6 Å². The molecule has 6 aromatic carbocycles. The van der Waals surface area contributed by atoms with Crippen LogP contribution in [0.15, 0.2) is 152 Å². The van der Waals surface area contributed by atoms with Gasteiger partial charge in [-0.25, -0.2) is 9.97 Å². The first-order chi connectivity index (χ1) is 20.2. The van der Waals surface area contributed by atoms with Gasteiger partial charge in [-0.1, -0.05) is 145 Å². The van der Waals surface area contributed by atoms with E-state index in [4.69, 9.17) is 21.6 Å². The van der Waals surface area contributed by atoms with Gasteiger partial charge in [-0.05, 0) is 45.8 Å². The van der Waals surface area contributed by atoms with Gasteiger partial charge in [0.2, 0.25) is 0 Å². The monoisotopic (exact) mass is 544 g/mol. The Labute approximate surface area is 244 Å². The molecule has 0 bridgehead atoms. The van der Waals surface area contributed by atoms with Crippen LogP contribution in [0.2, 0.25) is 5.02 Å². The highest BCUT2D eigenvalue weighted by atomic mass is 35.5. The summed E-state index contributed by atoms with van der Waals surface area (Å²) in [6.45, 7) is 0. The van der Waals surface area contributed by atoms with Gasteiger partial charge in [0.25, 0.3) is 0 Å². The average Bonchev–Trinajstić information content (AvgIpc) is 3.06. The maximum absolute atomic E-state index is 6.48. The number of rotatable bonds is 5. The summed E-state index contributed by atoms with van der Waals surface area (Å²) < 4.78 is 0. The number of aromatic nitrogens is 2. The molecule has 0 spiro atoms. The minimum Gasteiger partial charge on any atom is -0.228 e. The molecule has 0 fully saturated rings. The minimum absolute atomic E-state index is 0.705. The number of nitrogens with zero attached hydrogens (tertiary/aromatic N) is 2. The quantitative estimate of drug-likeness (QED) is 0.215. The number of halogens is 1. The molecule has 7 rings (SSSR count). The predicted molar refractivity (Wildman–Crippen MR) is 172 cm³/mol. The zero-order valence-electron chi connectivity index (χ0n) is 22.2. The molecule has 0 aliphatic heterocycles. The first kappa shape index (κ1) is 25.0. The lowest BCUT2D eigenvalue weighted by Crippen LogP contribution is -1.96. The van der Waals surface area contributed by atoms with Crippen LogP contribution in [0.25, 0.3) is 66.9 Å². The third-order valence-electron chi connectivity index (χ3n) is 7.39. The zero-order valence-corrected chi connectivity index (χ0v) is 23.0. The number of hydrogen-bond donors (Lipinski definition) is 0. The fourth-order valence-electron chi connectivity index (χ4n) is 5.28. The molecule has 0 amide bonds. The normalized spacial score (nSPS) is 11.0. The average molecular weight is 545 g/mol. The molecule has 0 unspecified atom stereocenters. The molecule has 0 atom stereocenters. The Morgan fingerprint density at radius 2 is 0.927 bits per heavy atom. The zero-order chi connectivity index (χ0) is 27.6. The van der Waals surface area contributed by atoms with E-state index in [1.807, 2.05) is 36.4 Å². The summed E-state index contributed by atoms with van der Waals surface area (Å²) in [5, 5.41) is 2.96. The number of fused-ring (bicyclic) bond motifs is 1. The molecule has 0 saturated heterocycles. The Hall–Kier alpha value is -5.05. The van der Waals surface area contributed by atoms with Gasteiger partial charge in [0.15, 0.2) is 5.82 Å². The van der Waals surface area contributed by atoms with Gasteiger partial charge in [-0.15, -0.1) is 0 Å². The summed E-state index contributed by atoms with van der Waals surface area (Å²) in [7, 11) is 0. The van der Waals surface area contributed by atoms with E-state index in [0.29, 0.717) is 5.82 Å². The molecular weight excluding hydrogens is 520 g/mol. The van der Waals surface area contributed by atoms with E-state index in [1.165, 1.54) is 5.56 Å². The van der Waals surface area contributed by atoms with E-state index in [2.05, 4.69) is 115 Å². The number of hydrogen-bond acceptors (Lipinski definition) is 2. The van der Waals surface area contributed by atoms with E-state index >= 15 is 0 Å². The molecule has 2 nitrogen and oxygen atoms in total. The van der Waals surface area contributed by atoms with Crippen molar-refractivity contribution in [1.29, 1.82) is 0 Å². The summed E-state index contributed by atoms with van der Waals surface area (Å²) in [4.78, 5) is 10.0. The SMILES string of the molecule is Clc1ccc(-c2ccc(-c3cc(-c4cccc(-c5ccccc5)c4)nc(-c4ccccc4)n3)cc2)c2ccccc12. The topological polar surface area (TPSA) is 25.8 Å². The van der Waals surface area contributed by atoms with E-state index in [1.54, 1.807) is 0 Å². The summed E-state index contributed by atoms with van der Waals surface area (Å²) in [6.07, 6.45) is 0. The molecule has 1 aromatic heterocycles. The second kappa shape index (κ2) is 10.8. The molecule has 0 radical (unpaired) electrons. The second-order valence-corrected chi connectivity index (χ2v) is 10.4. The Kier molecular flexibility index (Phi) is 6.60. The van der Waals surface area contributed by atoms with Crippen molar-refractivity contribution in [2.24, 2.45) is 0 Å². The molecule has 0 aliphatic rings. The molecule has 3 heteroatoms. The van der Waals surface area contributed by atoms with Crippen LogP contribution in [0.1, 0.15) is 0 Å². The second-order valence-electron chi connectivity index (χ2n) is 9.99. The summed E-state index contributed by atoms with van der Waals surface area (Å²) >= 11 is 6.48. The molecule has 0 saturated carbocycles. The smallest absolute Gasteiger partial charge is 0.160 e. The molecular formula is C38H25ClN2. The molecule has 41 heavy (non-hydrogen) atoms. The minimum atomic E-state index is 0.705. The van der Waals surface area contributed by atoms with Crippen LogP contribution < -0.4 is 0 Å². The third-order valence-corrected chi connectivity index (χ3v) is 7.72. The van der Waals surface area contributed by atoms with Crippen molar-refractivity contribution in [3.63, 3.8) is 0 Å². The maximum atomic E-state index is 6.48. The van der Waals surface area contributed by atoms with Gasteiger partial charge in [-0.3, -0.25) is 0 Å². The number of benzene rings is 6. The standard InChI is InChI=1S/C38H25ClN2/c39-35-23-22-32(33-16-7-8-17-34(33)35)27-18-20-28(21-19-27)36-25-37(41-38(40-36)29-12-5-2-6-13-29)31-15-9-14-30(24-31)26-10-3-1-4-11-26/h1-25H. The Morgan fingerprint density at radius 3 is 1.66 bits per heavy atom. The first-order valence-electron chi connectivity index (χ1n) is 13.6. The summed E-state index contributed by atoms with van der Waals surface area (Å²) in [5.74, 6) is 0.705. The van der Waals surface area contributed by atoms with Crippen LogP contribution in [0.5, 0.6) is 0 Å². The van der Waals surface area contributed by atoms with Crippen molar-refractivity contribution in [2.75, 3.05) is 0 Å². The van der Waals surface area contributed by atoms with Gasteiger partial charge in [-0.2, -0.15) is 0 Å². The van der Waals surface area contributed by atoms with Crippen molar-refractivity contribution in [1.82, 2.24) is 9.97 Å².